The number of thiophene rings is 1. The van der Waals surface area contributed by atoms with Crippen LogP contribution in [0.25, 0.3) is 18.2 Å². The minimum Gasteiger partial charge on any atom is -0.470 e. The number of alkyl halides is 3. The van der Waals surface area contributed by atoms with Crippen LogP contribution in [0.1, 0.15) is 68.7 Å². The third-order valence-electron chi connectivity index (χ3n) is 7.39. The van der Waals surface area contributed by atoms with Gasteiger partial charge >= 0.3 is 12.1 Å². The maximum absolute atomic E-state index is 14.1. The van der Waals surface area contributed by atoms with E-state index in [9.17, 15) is 33.8 Å². The van der Waals surface area contributed by atoms with Gasteiger partial charge in [0, 0.05) is 51.3 Å². The van der Waals surface area contributed by atoms with E-state index < -0.39 is 40.2 Å². The molecular weight excluding hydrogens is 625 g/mol. The summed E-state index contributed by atoms with van der Waals surface area (Å²) in [5.74, 6) is -0.862. The number of carbonyl (C=O) groups excluding carboxylic acids is 1. The summed E-state index contributed by atoms with van der Waals surface area (Å²) in [7, 11) is 0. The average Bonchev–Trinajstić information content (AvgIpc) is 3.61. The Hall–Kier alpha value is -5.05. The minimum atomic E-state index is -4.94. The van der Waals surface area contributed by atoms with E-state index in [1.807, 2.05) is 18.2 Å². The van der Waals surface area contributed by atoms with E-state index in [0.29, 0.717) is 16.2 Å². The molecule has 3 rings (SSSR count). The predicted octanol–water partition coefficient (Wildman–Crippen LogP) is 9.29. The van der Waals surface area contributed by atoms with Gasteiger partial charge in [0.1, 0.15) is 29.5 Å². The van der Waals surface area contributed by atoms with Gasteiger partial charge in [-0.3, -0.25) is 0 Å². The number of halogens is 3. The third kappa shape index (κ3) is 8.61. The number of nitriles is 3. The minimum absolute atomic E-state index is 0.261. The predicted molar refractivity (Wildman–Crippen MR) is 178 cm³/mol. The molecule has 0 saturated carbocycles. The van der Waals surface area contributed by atoms with Crippen LogP contribution in [0.2, 0.25) is 0 Å². The van der Waals surface area contributed by atoms with E-state index >= 15 is 0 Å². The van der Waals surface area contributed by atoms with Gasteiger partial charge in [-0.05, 0) is 69.2 Å². The van der Waals surface area contributed by atoms with E-state index in [2.05, 4.69) is 25.3 Å². The van der Waals surface area contributed by atoms with Gasteiger partial charge in [0.2, 0.25) is 5.60 Å². The van der Waals surface area contributed by atoms with Gasteiger partial charge in [0.25, 0.3) is 0 Å². The number of nitrogens with zero attached hydrogens (tertiary/aromatic N) is 4. The number of ether oxygens (including phenoxy) is 2. The number of anilines is 1. The number of hydrogen-bond acceptors (Lipinski definition) is 8. The number of carbonyl (C=O) groups is 1. The highest BCUT2D eigenvalue weighted by Gasteiger charge is 2.60. The van der Waals surface area contributed by atoms with Crippen molar-refractivity contribution in [1.82, 2.24) is 0 Å². The second kappa shape index (κ2) is 16.0. The van der Waals surface area contributed by atoms with Gasteiger partial charge in [-0.15, -0.1) is 11.3 Å². The average molecular weight is 661 g/mol. The summed E-state index contributed by atoms with van der Waals surface area (Å²) in [6, 6.07) is 13.8. The van der Waals surface area contributed by atoms with E-state index in [1.165, 1.54) is 29.6 Å². The van der Waals surface area contributed by atoms with Crippen LogP contribution in [0.4, 0.5) is 18.9 Å². The van der Waals surface area contributed by atoms with Crippen molar-refractivity contribution in [3.05, 3.63) is 86.4 Å². The Morgan fingerprint density at radius 3 is 2.13 bits per heavy atom. The Balaban J connectivity index is 1.97. The molecule has 7 nitrogen and oxygen atoms in total. The van der Waals surface area contributed by atoms with Gasteiger partial charge in [-0.2, -0.15) is 29.0 Å². The number of hydrogen-bond donors (Lipinski definition) is 0. The summed E-state index contributed by atoms with van der Waals surface area (Å²) in [4.78, 5) is 16.1. The third-order valence-corrected chi connectivity index (χ3v) is 8.40. The molecule has 1 aromatic carbocycles. The summed E-state index contributed by atoms with van der Waals surface area (Å²) in [5.41, 5.74) is -2.84. The monoisotopic (exact) mass is 660 g/mol. The molecule has 0 saturated heterocycles. The molecule has 0 amide bonds. The lowest BCUT2D eigenvalue weighted by Gasteiger charge is -2.28. The van der Waals surface area contributed by atoms with Gasteiger partial charge in [-0.1, -0.05) is 39.3 Å². The molecule has 244 valence electrons. The van der Waals surface area contributed by atoms with Gasteiger partial charge in [-0.25, -0.2) is 4.79 Å². The van der Waals surface area contributed by atoms with E-state index in [0.717, 1.165) is 62.3 Å². The molecule has 2 heterocycles. The van der Waals surface area contributed by atoms with Crippen molar-refractivity contribution in [2.45, 2.75) is 65.2 Å². The molecule has 11 heteroatoms. The molecule has 1 aliphatic heterocycles. The molecular formula is C36H35F3N4O3S. The fourth-order valence-electron chi connectivity index (χ4n) is 4.62. The first-order chi connectivity index (χ1) is 22.3. The van der Waals surface area contributed by atoms with Crippen molar-refractivity contribution in [3.63, 3.8) is 0 Å². The highest BCUT2D eigenvalue weighted by molar-refractivity contribution is 7.13. The summed E-state index contributed by atoms with van der Waals surface area (Å²) in [6.45, 7) is 12.0. The fraction of sp³-hybridized carbons (Fsp3) is 0.333. The zero-order chi connectivity index (χ0) is 34.8. The first kappa shape index (κ1) is 36.4. The summed E-state index contributed by atoms with van der Waals surface area (Å²) in [6.07, 6.45) is 5.33. The lowest BCUT2D eigenvalue weighted by molar-refractivity contribution is -0.236. The SMILES string of the molecule is C=C(C)C(=O)Oc1cc(N(CCCC)CCCC)ccc1/C=C/c1ccc(/C=C/C2=C(C#N)C(=C(C#N)C#N)OC2(C)C(F)(F)F)s1. The van der Waals surface area contributed by atoms with Crippen molar-refractivity contribution in [2.75, 3.05) is 18.0 Å². The number of allylic oxidation sites excluding steroid dienone is 2. The molecule has 2 aromatic rings. The normalized spacial score (nSPS) is 16.1. The highest BCUT2D eigenvalue weighted by atomic mass is 32.1. The summed E-state index contributed by atoms with van der Waals surface area (Å²) < 4.78 is 53.2. The summed E-state index contributed by atoms with van der Waals surface area (Å²) >= 11 is 1.27. The zero-order valence-electron chi connectivity index (χ0n) is 26.7. The molecule has 0 bridgehead atoms. The Morgan fingerprint density at radius 2 is 1.62 bits per heavy atom. The van der Waals surface area contributed by atoms with Gasteiger partial charge < -0.3 is 14.4 Å². The maximum atomic E-state index is 14.1. The van der Waals surface area contributed by atoms with Gasteiger partial charge in [0.15, 0.2) is 11.3 Å². The van der Waals surface area contributed by atoms with Crippen molar-refractivity contribution in [2.24, 2.45) is 0 Å². The van der Waals surface area contributed by atoms with Crippen LogP contribution in [-0.2, 0) is 9.53 Å². The molecule has 1 aromatic heterocycles. The first-order valence-corrected chi connectivity index (χ1v) is 15.8. The number of esters is 1. The molecule has 1 atom stereocenters. The molecule has 0 fully saturated rings. The van der Waals surface area contributed by atoms with Gasteiger partial charge in [0.05, 0.1) is 0 Å². The van der Waals surface area contributed by atoms with Crippen LogP contribution in [0, 0.1) is 34.0 Å². The van der Waals surface area contributed by atoms with Crippen molar-refractivity contribution in [3.8, 4) is 24.0 Å². The Bertz CT molecular complexity index is 1740. The Kier molecular flexibility index (Phi) is 12.4. The van der Waals surface area contributed by atoms with Crippen LogP contribution in [0.3, 0.4) is 0 Å². The Morgan fingerprint density at radius 1 is 1.02 bits per heavy atom. The molecule has 1 aliphatic rings. The lowest BCUT2D eigenvalue weighted by atomic mass is 9.92. The smallest absolute Gasteiger partial charge is 0.432 e. The van der Waals surface area contributed by atoms with Crippen molar-refractivity contribution >= 4 is 41.2 Å². The van der Waals surface area contributed by atoms with E-state index in [1.54, 1.807) is 37.3 Å². The van der Waals surface area contributed by atoms with E-state index in [4.69, 9.17) is 9.47 Å². The van der Waals surface area contributed by atoms with Crippen LogP contribution >= 0.6 is 11.3 Å². The molecule has 1 unspecified atom stereocenters. The van der Waals surface area contributed by atoms with Crippen LogP contribution in [-0.4, -0.2) is 30.8 Å². The second-order valence-electron chi connectivity index (χ2n) is 11.0. The molecule has 0 spiro atoms. The first-order valence-electron chi connectivity index (χ1n) is 15.0. The quantitative estimate of drug-likeness (QED) is 0.0911. The second-order valence-corrected chi connectivity index (χ2v) is 12.1. The fourth-order valence-corrected chi connectivity index (χ4v) is 5.44. The number of unbranched alkanes of at least 4 members (excludes halogenated alkanes) is 2. The Labute approximate surface area is 277 Å². The standard InChI is InChI=1S/C36H35F3N4O3S/c1-6-8-18-43(19-9-7-2)27-12-10-25(32(20-27)45-34(44)24(3)4)11-13-28-14-15-29(47-28)16-17-31-30(23-42)33(26(21-40)22-41)46-35(31,5)36(37,38)39/h10-17,20H,3,6-9,18-19H2,1-2,4-5H3/b13-11+,17-16+. The van der Waals surface area contributed by atoms with Crippen LogP contribution in [0.5, 0.6) is 5.75 Å². The molecule has 47 heavy (non-hydrogen) atoms. The van der Waals surface area contributed by atoms with Crippen molar-refractivity contribution in [1.29, 1.82) is 15.8 Å². The topological polar surface area (TPSA) is 110 Å². The molecule has 0 N–H and O–H groups in total. The number of rotatable bonds is 13. The van der Waals surface area contributed by atoms with Crippen molar-refractivity contribution < 1.29 is 27.4 Å². The van der Waals surface area contributed by atoms with Crippen LogP contribution in [0.15, 0.2) is 71.0 Å². The largest absolute Gasteiger partial charge is 0.470 e. The van der Waals surface area contributed by atoms with Crippen LogP contribution < -0.4 is 9.64 Å². The lowest BCUT2D eigenvalue weighted by Crippen LogP contribution is -2.43. The molecule has 0 radical (unpaired) electrons. The zero-order valence-corrected chi connectivity index (χ0v) is 27.5. The molecule has 0 aliphatic carbocycles. The van der Waals surface area contributed by atoms with E-state index in [-0.39, 0.29) is 5.57 Å². The summed E-state index contributed by atoms with van der Waals surface area (Å²) in [5, 5.41) is 28.1. The maximum Gasteiger partial charge on any atom is 0.432 e. The number of benzene rings is 1. The highest BCUT2D eigenvalue weighted by Crippen LogP contribution is 2.49.